The average Bonchev–Trinajstić information content (AvgIpc) is 2.59. The second kappa shape index (κ2) is 5.74. The molecule has 0 fully saturated rings. The third-order valence-corrected chi connectivity index (χ3v) is 4.29. The van der Waals surface area contributed by atoms with Gasteiger partial charge in [0.2, 0.25) is 0 Å². The maximum atomic E-state index is 4.81. The van der Waals surface area contributed by atoms with Crippen molar-refractivity contribution in [3.63, 3.8) is 0 Å². The predicted octanol–water partition coefficient (Wildman–Crippen LogP) is 4.35. The molecular formula is C20H18N2. The minimum absolute atomic E-state index is 0.269. The molecule has 2 nitrogen and oxygen atoms in total. The summed E-state index contributed by atoms with van der Waals surface area (Å²) in [5.74, 6) is 0.309. The molecule has 2 aromatic carbocycles. The molecule has 0 aromatic heterocycles. The van der Waals surface area contributed by atoms with E-state index >= 15 is 0 Å². The molecule has 0 spiro atoms. The van der Waals surface area contributed by atoms with Crippen molar-refractivity contribution in [2.75, 3.05) is 0 Å². The lowest BCUT2D eigenvalue weighted by Gasteiger charge is -2.32. The van der Waals surface area contributed by atoms with E-state index in [9.17, 15) is 0 Å². The number of aliphatic imine (C=N–C) groups is 1. The lowest BCUT2D eigenvalue weighted by Crippen LogP contribution is -2.34. The van der Waals surface area contributed by atoms with Crippen LogP contribution in [-0.2, 0) is 6.54 Å². The summed E-state index contributed by atoms with van der Waals surface area (Å²) in [6.07, 6.45) is 8.56. The number of benzene rings is 2. The van der Waals surface area contributed by atoms with Crippen molar-refractivity contribution < 1.29 is 0 Å². The molecule has 0 bridgehead atoms. The quantitative estimate of drug-likeness (QED) is 0.891. The van der Waals surface area contributed by atoms with Crippen molar-refractivity contribution in [2.24, 2.45) is 10.9 Å². The molecule has 0 amide bonds. The van der Waals surface area contributed by atoms with E-state index in [1.807, 2.05) is 0 Å². The second-order valence-corrected chi connectivity index (χ2v) is 5.71. The summed E-state index contributed by atoms with van der Waals surface area (Å²) in [5, 5.41) is 3.73. The molecule has 2 aromatic rings. The summed E-state index contributed by atoms with van der Waals surface area (Å²) in [5.41, 5.74) is 4.82. The standard InChI is InChI=1S/C20H18N2/c1-2-8-15(9-3-1)14-21-20-16-10-4-6-12-18(16)22-19-13-7-5-11-17(19)20/h1-13,16,20-21H,14H2. The topological polar surface area (TPSA) is 24.4 Å². The van der Waals surface area contributed by atoms with Crippen LogP contribution in [0.15, 0.2) is 83.9 Å². The summed E-state index contributed by atoms with van der Waals surface area (Å²) < 4.78 is 0. The number of rotatable bonds is 3. The van der Waals surface area contributed by atoms with Crippen LogP contribution in [0.1, 0.15) is 17.2 Å². The summed E-state index contributed by atoms with van der Waals surface area (Å²) in [6.45, 7) is 0.862. The minimum atomic E-state index is 0.269. The van der Waals surface area contributed by atoms with E-state index in [1.54, 1.807) is 0 Å². The van der Waals surface area contributed by atoms with Crippen molar-refractivity contribution in [1.29, 1.82) is 0 Å². The van der Waals surface area contributed by atoms with Gasteiger partial charge in [-0.05, 0) is 23.3 Å². The number of allylic oxidation sites excluding steroid dienone is 3. The Labute approximate surface area is 130 Å². The first-order valence-electron chi connectivity index (χ1n) is 7.71. The van der Waals surface area contributed by atoms with Gasteiger partial charge in [0.25, 0.3) is 0 Å². The van der Waals surface area contributed by atoms with Gasteiger partial charge in [-0.15, -0.1) is 0 Å². The molecular weight excluding hydrogens is 268 g/mol. The molecule has 108 valence electrons. The first kappa shape index (κ1) is 13.2. The number of nitrogens with zero attached hydrogens (tertiary/aromatic N) is 1. The fourth-order valence-electron chi connectivity index (χ4n) is 3.19. The van der Waals surface area contributed by atoms with E-state index in [0.717, 1.165) is 17.9 Å². The highest BCUT2D eigenvalue weighted by Gasteiger charge is 2.30. The summed E-state index contributed by atoms with van der Waals surface area (Å²) >= 11 is 0. The van der Waals surface area contributed by atoms with Crippen LogP contribution in [-0.4, -0.2) is 5.71 Å². The van der Waals surface area contributed by atoms with Crippen molar-refractivity contribution in [3.8, 4) is 0 Å². The van der Waals surface area contributed by atoms with Gasteiger partial charge in [0.1, 0.15) is 0 Å². The fraction of sp³-hybridized carbons (Fsp3) is 0.150. The Morgan fingerprint density at radius 3 is 2.64 bits per heavy atom. The van der Waals surface area contributed by atoms with Crippen LogP contribution in [0.3, 0.4) is 0 Å². The monoisotopic (exact) mass is 286 g/mol. The van der Waals surface area contributed by atoms with E-state index in [4.69, 9.17) is 4.99 Å². The van der Waals surface area contributed by atoms with Crippen LogP contribution in [0, 0.1) is 5.92 Å². The highest BCUT2D eigenvalue weighted by molar-refractivity contribution is 6.02. The number of hydrogen-bond acceptors (Lipinski definition) is 2. The third kappa shape index (κ3) is 2.42. The van der Waals surface area contributed by atoms with E-state index in [2.05, 4.69) is 84.2 Å². The fourth-order valence-corrected chi connectivity index (χ4v) is 3.19. The van der Waals surface area contributed by atoms with Crippen LogP contribution in [0.5, 0.6) is 0 Å². The second-order valence-electron chi connectivity index (χ2n) is 5.71. The zero-order valence-electron chi connectivity index (χ0n) is 12.3. The summed E-state index contributed by atoms with van der Waals surface area (Å²) in [4.78, 5) is 4.81. The largest absolute Gasteiger partial charge is 0.305 e. The molecule has 2 aliphatic rings. The molecule has 2 heteroatoms. The lowest BCUT2D eigenvalue weighted by molar-refractivity contribution is 0.485. The summed E-state index contributed by atoms with van der Waals surface area (Å²) in [6, 6.07) is 19.2. The number of fused-ring (bicyclic) bond motifs is 2. The lowest BCUT2D eigenvalue weighted by atomic mass is 9.83. The molecule has 1 N–H and O–H groups in total. The molecule has 0 saturated carbocycles. The van der Waals surface area contributed by atoms with Gasteiger partial charge in [0, 0.05) is 24.2 Å². The van der Waals surface area contributed by atoms with Gasteiger partial charge in [-0.3, -0.25) is 4.99 Å². The zero-order chi connectivity index (χ0) is 14.8. The minimum Gasteiger partial charge on any atom is -0.305 e. The van der Waals surface area contributed by atoms with Gasteiger partial charge in [-0.25, -0.2) is 0 Å². The highest BCUT2D eigenvalue weighted by atomic mass is 15.0. The Bertz CT molecular complexity index is 756. The van der Waals surface area contributed by atoms with Crippen molar-refractivity contribution in [2.45, 2.75) is 12.6 Å². The van der Waals surface area contributed by atoms with Crippen LogP contribution in [0.2, 0.25) is 0 Å². The number of hydrogen-bond donors (Lipinski definition) is 1. The highest BCUT2D eigenvalue weighted by Crippen LogP contribution is 2.38. The van der Waals surface area contributed by atoms with Crippen LogP contribution in [0.4, 0.5) is 5.69 Å². The van der Waals surface area contributed by atoms with Gasteiger partial charge in [-0.2, -0.15) is 0 Å². The first-order chi connectivity index (χ1) is 10.9. The van der Waals surface area contributed by atoms with Gasteiger partial charge >= 0.3 is 0 Å². The summed E-state index contributed by atoms with van der Waals surface area (Å²) in [7, 11) is 0. The van der Waals surface area contributed by atoms with Crippen molar-refractivity contribution >= 4 is 11.4 Å². The molecule has 1 heterocycles. The Morgan fingerprint density at radius 2 is 1.73 bits per heavy atom. The Balaban J connectivity index is 1.66. The van der Waals surface area contributed by atoms with E-state index in [-0.39, 0.29) is 6.04 Å². The molecule has 1 aliphatic heterocycles. The molecule has 0 radical (unpaired) electrons. The molecule has 2 atom stereocenters. The van der Waals surface area contributed by atoms with Gasteiger partial charge in [0.05, 0.1) is 5.69 Å². The molecule has 2 unspecified atom stereocenters. The van der Waals surface area contributed by atoms with Crippen LogP contribution < -0.4 is 5.32 Å². The van der Waals surface area contributed by atoms with E-state index in [0.29, 0.717) is 5.92 Å². The maximum absolute atomic E-state index is 4.81. The van der Waals surface area contributed by atoms with Crippen LogP contribution >= 0.6 is 0 Å². The van der Waals surface area contributed by atoms with E-state index in [1.165, 1.54) is 11.1 Å². The first-order valence-corrected chi connectivity index (χ1v) is 7.71. The van der Waals surface area contributed by atoms with Gasteiger partial charge in [0.15, 0.2) is 0 Å². The maximum Gasteiger partial charge on any atom is 0.0681 e. The molecule has 1 aliphatic carbocycles. The van der Waals surface area contributed by atoms with Gasteiger partial charge < -0.3 is 5.32 Å². The SMILES string of the molecule is C1=CC2=Nc3ccccc3C(NCc3ccccc3)C2C=C1. The molecule has 22 heavy (non-hydrogen) atoms. The predicted molar refractivity (Wildman–Crippen MR) is 91.3 cm³/mol. The normalized spacial score (nSPS) is 21.9. The zero-order valence-corrected chi connectivity index (χ0v) is 12.3. The molecule has 4 rings (SSSR count). The smallest absolute Gasteiger partial charge is 0.0681 e. The Hall–Kier alpha value is -2.45. The van der Waals surface area contributed by atoms with Crippen LogP contribution in [0.25, 0.3) is 0 Å². The number of nitrogens with one attached hydrogen (secondary N) is 1. The van der Waals surface area contributed by atoms with E-state index < -0.39 is 0 Å². The number of para-hydroxylation sites is 1. The Kier molecular flexibility index (Phi) is 3.45. The van der Waals surface area contributed by atoms with Gasteiger partial charge in [-0.1, -0.05) is 66.8 Å². The third-order valence-electron chi connectivity index (χ3n) is 4.29. The molecule has 0 saturated heterocycles. The van der Waals surface area contributed by atoms with Crippen molar-refractivity contribution in [3.05, 3.63) is 90.0 Å². The average molecular weight is 286 g/mol. The Morgan fingerprint density at radius 1 is 0.909 bits per heavy atom. The van der Waals surface area contributed by atoms with Crippen molar-refractivity contribution in [1.82, 2.24) is 5.32 Å².